The lowest BCUT2D eigenvalue weighted by atomic mass is 10.3. The number of aromatic nitrogens is 4. The third kappa shape index (κ3) is 3.19. The molecule has 23 heavy (non-hydrogen) atoms. The zero-order valence-electron chi connectivity index (χ0n) is 12.2. The summed E-state index contributed by atoms with van der Waals surface area (Å²) in [4.78, 5) is 36.8. The van der Waals surface area contributed by atoms with Crippen LogP contribution >= 0.6 is 11.3 Å². The number of rotatable bonds is 5. The van der Waals surface area contributed by atoms with Crippen molar-refractivity contribution >= 4 is 27.5 Å². The molecule has 3 aromatic rings. The molecule has 0 atom stereocenters. The molecular weight excluding hydrogens is 318 g/mol. The van der Waals surface area contributed by atoms with E-state index in [1.807, 2.05) is 5.38 Å². The lowest BCUT2D eigenvalue weighted by Crippen LogP contribution is -2.31. The monoisotopic (exact) mass is 331 g/mol. The maximum atomic E-state index is 12.2. The third-order valence-corrected chi connectivity index (χ3v) is 3.98. The van der Waals surface area contributed by atoms with Gasteiger partial charge in [-0.25, -0.2) is 15.0 Å². The van der Waals surface area contributed by atoms with E-state index in [0.29, 0.717) is 28.9 Å². The van der Waals surface area contributed by atoms with Gasteiger partial charge >= 0.3 is 6.01 Å². The van der Waals surface area contributed by atoms with Gasteiger partial charge in [0.25, 0.3) is 11.5 Å². The predicted molar refractivity (Wildman–Crippen MR) is 84.8 cm³/mol. The number of hydrogen-bond acceptors (Lipinski definition) is 7. The highest BCUT2D eigenvalue weighted by Gasteiger charge is 2.08. The first-order chi connectivity index (χ1) is 11.2. The Morgan fingerprint density at radius 1 is 1.35 bits per heavy atom. The zero-order valence-corrected chi connectivity index (χ0v) is 13.0. The summed E-state index contributed by atoms with van der Waals surface area (Å²) in [5, 5.41) is 5.13. The highest BCUT2D eigenvalue weighted by Crippen LogP contribution is 2.13. The van der Waals surface area contributed by atoms with Gasteiger partial charge in [0, 0.05) is 25.5 Å². The minimum Gasteiger partial charge on any atom is -0.467 e. The third-order valence-electron chi connectivity index (χ3n) is 3.16. The van der Waals surface area contributed by atoms with E-state index in [4.69, 9.17) is 4.74 Å². The number of nitrogens with zero attached hydrogens (tertiary/aromatic N) is 4. The Morgan fingerprint density at radius 3 is 2.87 bits per heavy atom. The maximum Gasteiger partial charge on any atom is 0.316 e. The Balaban J connectivity index is 1.62. The molecule has 3 heterocycles. The van der Waals surface area contributed by atoms with Gasteiger partial charge in [0.15, 0.2) is 0 Å². The van der Waals surface area contributed by atoms with Crippen LogP contribution in [0.25, 0.3) is 10.2 Å². The minimum absolute atomic E-state index is 0.113. The van der Waals surface area contributed by atoms with Crippen molar-refractivity contribution in [2.75, 3.05) is 13.7 Å². The number of methoxy groups -OCH3 is 1. The molecule has 0 spiro atoms. The van der Waals surface area contributed by atoms with Gasteiger partial charge in [0.1, 0.15) is 4.83 Å². The molecule has 0 saturated carbocycles. The molecule has 118 valence electrons. The van der Waals surface area contributed by atoms with E-state index in [0.717, 1.165) is 0 Å². The smallest absolute Gasteiger partial charge is 0.316 e. The van der Waals surface area contributed by atoms with Crippen LogP contribution in [-0.2, 0) is 6.54 Å². The summed E-state index contributed by atoms with van der Waals surface area (Å²) in [6, 6.07) is 1.95. The zero-order chi connectivity index (χ0) is 16.2. The number of ether oxygens (including phenoxy) is 1. The van der Waals surface area contributed by atoms with Crippen LogP contribution in [0.15, 0.2) is 35.0 Å². The number of hydrogen-bond donors (Lipinski definition) is 1. The number of carbonyl (C=O) groups excluding carboxylic acids is 1. The van der Waals surface area contributed by atoms with E-state index in [-0.39, 0.29) is 17.5 Å². The Hall–Kier alpha value is -2.81. The topological polar surface area (TPSA) is 99.0 Å². The molecule has 0 radical (unpaired) electrons. The van der Waals surface area contributed by atoms with Crippen molar-refractivity contribution < 1.29 is 9.53 Å². The molecule has 0 aliphatic rings. The Bertz CT molecular complexity index is 887. The van der Waals surface area contributed by atoms with Gasteiger partial charge in [-0.15, -0.1) is 11.3 Å². The number of fused-ring (bicyclic) bond motifs is 1. The van der Waals surface area contributed by atoms with Crippen LogP contribution < -0.4 is 15.6 Å². The van der Waals surface area contributed by atoms with Crippen molar-refractivity contribution in [1.82, 2.24) is 24.8 Å². The molecule has 8 nitrogen and oxygen atoms in total. The molecule has 0 aromatic carbocycles. The second-order valence-corrected chi connectivity index (χ2v) is 5.49. The van der Waals surface area contributed by atoms with Crippen molar-refractivity contribution in [3.8, 4) is 6.01 Å². The molecule has 0 aliphatic heterocycles. The van der Waals surface area contributed by atoms with E-state index in [9.17, 15) is 9.59 Å². The molecule has 0 saturated heterocycles. The fraction of sp³-hybridized carbons (Fsp3) is 0.214. The van der Waals surface area contributed by atoms with E-state index in [1.165, 1.54) is 41.7 Å². The average molecular weight is 331 g/mol. The summed E-state index contributed by atoms with van der Waals surface area (Å²) in [6.45, 7) is 0.627. The van der Waals surface area contributed by atoms with Crippen LogP contribution in [0.2, 0.25) is 0 Å². The molecule has 0 bridgehead atoms. The van der Waals surface area contributed by atoms with Crippen LogP contribution in [0, 0.1) is 0 Å². The molecular formula is C14H13N5O3S. The van der Waals surface area contributed by atoms with Gasteiger partial charge in [-0.2, -0.15) is 0 Å². The normalized spacial score (nSPS) is 10.7. The molecule has 1 amide bonds. The first kappa shape index (κ1) is 15.1. The summed E-state index contributed by atoms with van der Waals surface area (Å²) < 4.78 is 6.30. The van der Waals surface area contributed by atoms with Crippen LogP contribution in [-0.4, -0.2) is 39.1 Å². The lowest BCUT2D eigenvalue weighted by Gasteiger charge is -2.07. The molecule has 1 N–H and O–H groups in total. The highest BCUT2D eigenvalue weighted by atomic mass is 32.1. The maximum absolute atomic E-state index is 12.2. The largest absolute Gasteiger partial charge is 0.467 e. The Kier molecular flexibility index (Phi) is 4.29. The van der Waals surface area contributed by atoms with Crippen LogP contribution in [0.4, 0.5) is 0 Å². The molecule has 0 fully saturated rings. The van der Waals surface area contributed by atoms with Gasteiger partial charge in [0.05, 0.1) is 24.4 Å². The number of carbonyl (C=O) groups is 1. The van der Waals surface area contributed by atoms with Gasteiger partial charge < -0.3 is 10.1 Å². The summed E-state index contributed by atoms with van der Waals surface area (Å²) >= 11 is 1.42. The van der Waals surface area contributed by atoms with Gasteiger partial charge in [-0.3, -0.25) is 14.2 Å². The summed E-state index contributed by atoms with van der Waals surface area (Å²) in [7, 11) is 1.45. The standard InChI is InChI=1S/C14H13N5O3S/c1-22-14-16-6-9(7-17-14)11(20)15-3-4-19-8-18-12-10(13(19)21)2-5-23-12/h2,5-8H,3-4H2,1H3,(H,15,20). The molecule has 9 heteroatoms. The van der Waals surface area contributed by atoms with Crippen LogP contribution in [0.1, 0.15) is 10.4 Å². The summed E-state index contributed by atoms with van der Waals surface area (Å²) in [5.74, 6) is -0.315. The van der Waals surface area contributed by atoms with Crippen LogP contribution in [0.3, 0.4) is 0 Å². The van der Waals surface area contributed by atoms with E-state index in [2.05, 4.69) is 20.3 Å². The second kappa shape index (κ2) is 6.53. The number of thiophene rings is 1. The molecule has 3 rings (SSSR count). The number of amides is 1. The van der Waals surface area contributed by atoms with Gasteiger partial charge in [-0.1, -0.05) is 0 Å². The highest BCUT2D eigenvalue weighted by molar-refractivity contribution is 7.16. The average Bonchev–Trinajstić information content (AvgIpc) is 3.06. The van der Waals surface area contributed by atoms with Crippen molar-refractivity contribution in [3.63, 3.8) is 0 Å². The summed E-state index contributed by atoms with van der Waals surface area (Å²) in [5.41, 5.74) is 0.211. The van der Waals surface area contributed by atoms with Crippen molar-refractivity contribution in [2.45, 2.75) is 6.54 Å². The Labute approximate surface area is 134 Å². The van der Waals surface area contributed by atoms with E-state index in [1.54, 1.807) is 6.07 Å². The molecule has 0 aliphatic carbocycles. The fourth-order valence-corrected chi connectivity index (χ4v) is 2.71. The number of nitrogens with one attached hydrogen (secondary N) is 1. The second-order valence-electron chi connectivity index (χ2n) is 4.60. The summed E-state index contributed by atoms with van der Waals surface area (Å²) in [6.07, 6.45) is 4.25. The van der Waals surface area contributed by atoms with Gasteiger partial charge in [-0.05, 0) is 11.4 Å². The molecule has 0 unspecified atom stereocenters. The SMILES string of the molecule is COc1ncc(C(=O)NCCn2cnc3sccc3c2=O)cn1. The van der Waals surface area contributed by atoms with E-state index >= 15 is 0 Å². The lowest BCUT2D eigenvalue weighted by molar-refractivity contribution is 0.0951. The van der Waals surface area contributed by atoms with Crippen molar-refractivity contribution in [2.24, 2.45) is 0 Å². The molecule has 3 aromatic heterocycles. The van der Waals surface area contributed by atoms with E-state index < -0.39 is 0 Å². The first-order valence-electron chi connectivity index (χ1n) is 6.76. The fourth-order valence-electron chi connectivity index (χ4n) is 1.98. The Morgan fingerprint density at radius 2 is 2.13 bits per heavy atom. The minimum atomic E-state index is -0.315. The van der Waals surface area contributed by atoms with Crippen molar-refractivity contribution in [3.05, 3.63) is 46.1 Å². The quantitative estimate of drug-likeness (QED) is 0.738. The first-order valence-corrected chi connectivity index (χ1v) is 7.64. The predicted octanol–water partition coefficient (Wildman–Crippen LogP) is 0.687. The van der Waals surface area contributed by atoms with Crippen molar-refractivity contribution in [1.29, 1.82) is 0 Å². The van der Waals surface area contributed by atoms with Gasteiger partial charge in [0.2, 0.25) is 0 Å². The van der Waals surface area contributed by atoms with Crippen LogP contribution in [0.5, 0.6) is 6.01 Å².